The fourth-order valence-corrected chi connectivity index (χ4v) is 0.571. The van der Waals surface area contributed by atoms with Gasteiger partial charge in [-0.05, 0) is 12.1 Å². The summed E-state index contributed by atoms with van der Waals surface area (Å²) in [4.78, 5) is 0. The van der Waals surface area contributed by atoms with Crippen molar-refractivity contribution in [2.24, 2.45) is 0 Å². The van der Waals surface area contributed by atoms with E-state index in [-0.39, 0.29) is 0 Å². The molecule has 1 aromatic heterocycles. The highest BCUT2D eigenvalue weighted by Crippen LogP contribution is 2.00. The van der Waals surface area contributed by atoms with Crippen LogP contribution in [0.4, 0.5) is 5.82 Å². The molecule has 0 bridgehead atoms. The molecule has 1 heterocycles. The maximum absolute atomic E-state index is 8.31. The van der Waals surface area contributed by atoms with Crippen LogP contribution in [0, 0.1) is 11.3 Å². The third-order valence-electron chi connectivity index (χ3n) is 0.894. The van der Waals surface area contributed by atoms with Crippen molar-refractivity contribution in [1.82, 2.24) is 10.2 Å². The van der Waals surface area contributed by atoms with Crippen molar-refractivity contribution in [1.29, 1.82) is 5.26 Å². The molecule has 0 amide bonds. The predicted molar refractivity (Wildman–Crippen MR) is 39.4 cm³/mol. The maximum atomic E-state index is 8.31. The number of nitrogens with one attached hydrogen (secondary N) is 1. The summed E-state index contributed by atoms with van der Waals surface area (Å²) in [6, 6.07) is 5.04. The van der Waals surface area contributed by atoms with Gasteiger partial charge in [-0.25, -0.2) is 0 Å². The molecule has 1 aromatic rings. The van der Waals surface area contributed by atoms with Crippen molar-refractivity contribution in [3.8, 4) is 6.07 Å². The molecule has 0 spiro atoms. The molecule has 0 aliphatic heterocycles. The molecule has 0 saturated carbocycles. The van der Waals surface area contributed by atoms with Gasteiger partial charge < -0.3 is 4.72 Å². The molecule has 0 aliphatic rings. The van der Waals surface area contributed by atoms with Crippen LogP contribution in [-0.4, -0.2) is 10.2 Å². The van der Waals surface area contributed by atoms with Gasteiger partial charge in [0.15, 0.2) is 11.5 Å². The van der Waals surface area contributed by atoms with E-state index in [9.17, 15) is 0 Å². The van der Waals surface area contributed by atoms with Crippen LogP contribution in [0.3, 0.4) is 0 Å². The van der Waals surface area contributed by atoms with Crippen molar-refractivity contribution >= 4 is 18.6 Å². The van der Waals surface area contributed by atoms with Gasteiger partial charge in [0.1, 0.15) is 6.07 Å². The number of thiol groups is 1. The van der Waals surface area contributed by atoms with Gasteiger partial charge in [0.25, 0.3) is 0 Å². The second kappa shape index (κ2) is 3.03. The average Bonchev–Trinajstić information content (AvgIpc) is 2.05. The number of hydrogen-bond donors (Lipinski definition) is 2. The van der Waals surface area contributed by atoms with Gasteiger partial charge in [-0.1, -0.05) is 12.8 Å². The number of anilines is 1. The molecular formula is C5H4N4S. The van der Waals surface area contributed by atoms with Crippen molar-refractivity contribution in [3.05, 3.63) is 17.8 Å². The third kappa shape index (κ3) is 1.36. The van der Waals surface area contributed by atoms with Gasteiger partial charge >= 0.3 is 0 Å². The Morgan fingerprint density at radius 3 is 2.70 bits per heavy atom. The van der Waals surface area contributed by atoms with Gasteiger partial charge in [0, 0.05) is 0 Å². The summed E-state index contributed by atoms with van der Waals surface area (Å²) in [5.74, 6) is 0.530. The van der Waals surface area contributed by atoms with E-state index in [2.05, 4.69) is 27.7 Å². The summed E-state index contributed by atoms with van der Waals surface area (Å²) in [6.07, 6.45) is 0. The van der Waals surface area contributed by atoms with E-state index in [1.165, 1.54) is 0 Å². The molecule has 5 heteroatoms. The van der Waals surface area contributed by atoms with E-state index in [4.69, 9.17) is 5.26 Å². The lowest BCUT2D eigenvalue weighted by Gasteiger charge is -1.92. The molecule has 4 nitrogen and oxygen atoms in total. The average molecular weight is 152 g/mol. The first-order chi connectivity index (χ1) is 4.86. The summed E-state index contributed by atoms with van der Waals surface area (Å²) in [5.41, 5.74) is 0.298. The van der Waals surface area contributed by atoms with Gasteiger partial charge in [-0.15, -0.1) is 10.2 Å². The summed E-state index contributed by atoms with van der Waals surface area (Å²) in [5, 5.41) is 15.5. The summed E-state index contributed by atoms with van der Waals surface area (Å²) >= 11 is 3.74. The van der Waals surface area contributed by atoms with Crippen molar-refractivity contribution in [2.75, 3.05) is 4.72 Å². The Labute approximate surface area is 63.4 Å². The highest BCUT2D eigenvalue weighted by atomic mass is 32.1. The maximum Gasteiger partial charge on any atom is 0.163 e. The highest BCUT2D eigenvalue weighted by molar-refractivity contribution is 7.81. The highest BCUT2D eigenvalue weighted by Gasteiger charge is 1.91. The first kappa shape index (κ1) is 6.83. The molecule has 1 rings (SSSR count). The molecule has 0 fully saturated rings. The van der Waals surface area contributed by atoms with E-state index in [0.717, 1.165) is 0 Å². The van der Waals surface area contributed by atoms with Gasteiger partial charge in [0.05, 0.1) is 0 Å². The fraction of sp³-hybridized carbons (Fsp3) is 0. The number of hydrogen-bond acceptors (Lipinski definition) is 5. The molecule has 50 valence electrons. The van der Waals surface area contributed by atoms with Crippen LogP contribution >= 0.6 is 12.8 Å². The van der Waals surface area contributed by atoms with Crippen LogP contribution in [-0.2, 0) is 0 Å². The van der Waals surface area contributed by atoms with Crippen molar-refractivity contribution in [2.45, 2.75) is 0 Å². The van der Waals surface area contributed by atoms with Crippen LogP contribution in [0.15, 0.2) is 12.1 Å². The lowest BCUT2D eigenvalue weighted by atomic mass is 10.4. The Bertz CT molecular complexity index is 249. The standard InChI is InChI=1S/C5H4N4S/c6-3-4-1-2-5(9-10)8-7-4/h1-2,10H,(H,8,9). The second-order valence-electron chi connectivity index (χ2n) is 1.53. The Hall–Kier alpha value is -1.28. The van der Waals surface area contributed by atoms with Crippen LogP contribution in [0.1, 0.15) is 5.69 Å². The minimum absolute atomic E-state index is 0.298. The first-order valence-electron chi connectivity index (χ1n) is 2.51. The third-order valence-corrected chi connectivity index (χ3v) is 1.12. The normalized spacial score (nSPS) is 8.40. The summed E-state index contributed by atoms with van der Waals surface area (Å²) in [7, 11) is 0. The van der Waals surface area contributed by atoms with E-state index in [1.54, 1.807) is 12.1 Å². The van der Waals surface area contributed by atoms with E-state index in [1.807, 2.05) is 6.07 Å². The van der Waals surface area contributed by atoms with Crippen LogP contribution in [0.5, 0.6) is 0 Å². The Balaban J connectivity index is 2.93. The molecule has 0 radical (unpaired) electrons. The van der Waals surface area contributed by atoms with E-state index >= 15 is 0 Å². The number of aromatic nitrogens is 2. The zero-order chi connectivity index (χ0) is 7.40. The SMILES string of the molecule is N#Cc1ccc(NS)nn1. The molecule has 0 aliphatic carbocycles. The molecule has 1 N–H and O–H groups in total. The first-order valence-corrected chi connectivity index (χ1v) is 2.95. The second-order valence-corrected chi connectivity index (χ2v) is 1.75. The molecule has 0 atom stereocenters. The monoisotopic (exact) mass is 152 g/mol. The van der Waals surface area contributed by atoms with E-state index in [0.29, 0.717) is 11.5 Å². The predicted octanol–water partition coefficient (Wildman–Crippen LogP) is 0.605. The van der Waals surface area contributed by atoms with Gasteiger partial charge in [-0.3, -0.25) is 0 Å². The minimum Gasteiger partial charge on any atom is -0.315 e. The lowest BCUT2D eigenvalue weighted by Crippen LogP contribution is -1.90. The Kier molecular flexibility index (Phi) is 2.07. The zero-order valence-electron chi connectivity index (χ0n) is 4.94. The van der Waals surface area contributed by atoms with Crippen LogP contribution in [0.2, 0.25) is 0 Å². The van der Waals surface area contributed by atoms with Gasteiger partial charge in [0.2, 0.25) is 0 Å². The minimum atomic E-state index is 0.298. The number of nitrogens with zero attached hydrogens (tertiary/aromatic N) is 3. The lowest BCUT2D eigenvalue weighted by molar-refractivity contribution is 1.02. The molecule has 0 saturated heterocycles. The molecule has 0 aromatic carbocycles. The zero-order valence-corrected chi connectivity index (χ0v) is 5.84. The van der Waals surface area contributed by atoms with Crippen LogP contribution < -0.4 is 4.72 Å². The Morgan fingerprint density at radius 1 is 1.50 bits per heavy atom. The molecule has 0 unspecified atom stereocenters. The fourth-order valence-electron chi connectivity index (χ4n) is 0.452. The molecular weight excluding hydrogens is 148 g/mol. The van der Waals surface area contributed by atoms with Gasteiger partial charge in [-0.2, -0.15) is 5.26 Å². The van der Waals surface area contributed by atoms with Crippen molar-refractivity contribution < 1.29 is 0 Å². The van der Waals surface area contributed by atoms with Crippen LogP contribution in [0.25, 0.3) is 0 Å². The van der Waals surface area contributed by atoms with Crippen molar-refractivity contribution in [3.63, 3.8) is 0 Å². The number of nitriles is 1. The topological polar surface area (TPSA) is 61.6 Å². The quantitative estimate of drug-likeness (QED) is 0.578. The van der Waals surface area contributed by atoms with E-state index < -0.39 is 0 Å². The molecule has 10 heavy (non-hydrogen) atoms. The summed E-state index contributed by atoms with van der Waals surface area (Å²) < 4.78 is 2.49. The summed E-state index contributed by atoms with van der Waals surface area (Å²) in [6.45, 7) is 0. The smallest absolute Gasteiger partial charge is 0.163 e. The largest absolute Gasteiger partial charge is 0.315 e. The number of rotatable bonds is 1. The Morgan fingerprint density at radius 2 is 2.30 bits per heavy atom.